The van der Waals surface area contributed by atoms with E-state index in [-0.39, 0.29) is 0 Å². The van der Waals surface area contributed by atoms with Crippen molar-refractivity contribution in [3.05, 3.63) is 35.9 Å². The molecular weight excluding hydrogens is 262 g/mol. The fraction of sp³-hybridized carbons (Fsp3) is 0.500. The van der Waals surface area contributed by atoms with Gasteiger partial charge in [-0.2, -0.15) is 0 Å². The second-order valence-corrected chi connectivity index (χ2v) is 4.71. The van der Waals surface area contributed by atoms with Crippen LogP contribution in [-0.4, -0.2) is 11.3 Å². The second-order valence-electron chi connectivity index (χ2n) is 4.07. The zero-order valence-corrected chi connectivity index (χ0v) is 9.88. The number of rotatable bonds is 4. The molecule has 0 heterocycles. The van der Waals surface area contributed by atoms with E-state index < -0.39 is 17.8 Å². The van der Waals surface area contributed by atoms with Crippen LogP contribution >= 0.6 is 15.9 Å². The summed E-state index contributed by atoms with van der Waals surface area (Å²) in [7, 11) is 0. The van der Waals surface area contributed by atoms with E-state index in [1.807, 2.05) is 30.3 Å². The van der Waals surface area contributed by atoms with E-state index in [0.717, 1.165) is 12.0 Å². The molecule has 1 saturated carbocycles. The van der Waals surface area contributed by atoms with Crippen molar-refractivity contribution in [1.82, 2.24) is 0 Å². The zero-order chi connectivity index (χ0) is 10.9. The third kappa shape index (κ3) is 2.22. The van der Waals surface area contributed by atoms with Gasteiger partial charge in [-0.25, -0.2) is 8.78 Å². The van der Waals surface area contributed by atoms with E-state index in [4.69, 9.17) is 0 Å². The molecule has 15 heavy (non-hydrogen) atoms. The summed E-state index contributed by atoms with van der Waals surface area (Å²) in [6.07, 6.45) is 1.35. The van der Waals surface area contributed by atoms with Crippen LogP contribution in [0.5, 0.6) is 0 Å². The third-order valence-electron chi connectivity index (χ3n) is 3.12. The highest BCUT2D eigenvalue weighted by molar-refractivity contribution is 9.09. The molecule has 1 aromatic rings. The Bertz CT molecular complexity index is 324. The molecule has 1 aliphatic rings. The first kappa shape index (κ1) is 11.1. The summed E-state index contributed by atoms with van der Waals surface area (Å²) < 4.78 is 26.3. The topological polar surface area (TPSA) is 0 Å². The Morgan fingerprint density at radius 1 is 1.13 bits per heavy atom. The van der Waals surface area contributed by atoms with E-state index in [9.17, 15) is 8.78 Å². The summed E-state index contributed by atoms with van der Waals surface area (Å²) in [4.78, 5) is 0. The fourth-order valence-electron chi connectivity index (χ4n) is 2.03. The Labute approximate surface area is 96.8 Å². The van der Waals surface area contributed by atoms with Gasteiger partial charge in [-0.05, 0) is 18.4 Å². The molecule has 0 bridgehead atoms. The van der Waals surface area contributed by atoms with Gasteiger partial charge >= 0.3 is 0 Å². The molecular formula is C12H13BrF2. The van der Waals surface area contributed by atoms with Gasteiger partial charge in [0.1, 0.15) is 0 Å². The Hall–Kier alpha value is -0.440. The van der Waals surface area contributed by atoms with Crippen LogP contribution in [0, 0.1) is 11.8 Å². The molecule has 0 spiro atoms. The second kappa shape index (κ2) is 4.20. The summed E-state index contributed by atoms with van der Waals surface area (Å²) in [6.45, 7) is 0. The number of alkyl halides is 3. The standard InChI is InChI=1S/C12H13BrF2/c13-8-11-10(12(11,14)15)7-6-9-4-2-1-3-5-9/h1-5,10-11H,6-8H2/t10-,11-/m1/s1. The molecule has 2 atom stereocenters. The van der Waals surface area contributed by atoms with Crippen molar-refractivity contribution in [3.63, 3.8) is 0 Å². The fourth-order valence-corrected chi connectivity index (χ4v) is 2.91. The highest BCUT2D eigenvalue weighted by Gasteiger charge is 2.66. The normalized spacial score (nSPS) is 27.7. The molecule has 0 amide bonds. The van der Waals surface area contributed by atoms with Gasteiger partial charge in [0.25, 0.3) is 5.92 Å². The maximum absolute atomic E-state index is 13.1. The lowest BCUT2D eigenvalue weighted by Crippen LogP contribution is -1.96. The number of halogens is 3. The van der Waals surface area contributed by atoms with Gasteiger partial charge in [-0.1, -0.05) is 46.3 Å². The van der Waals surface area contributed by atoms with Crippen molar-refractivity contribution in [2.75, 3.05) is 5.33 Å². The Kier molecular flexibility index (Phi) is 3.10. The minimum atomic E-state index is -2.43. The number of aryl methyl sites for hydroxylation is 1. The first-order valence-electron chi connectivity index (χ1n) is 5.14. The smallest absolute Gasteiger partial charge is 0.206 e. The molecule has 0 unspecified atom stereocenters. The van der Waals surface area contributed by atoms with E-state index in [0.29, 0.717) is 11.8 Å². The lowest BCUT2D eigenvalue weighted by molar-refractivity contribution is 0.0859. The summed E-state index contributed by atoms with van der Waals surface area (Å²) in [5.74, 6) is -3.29. The average Bonchev–Trinajstić information content (AvgIpc) is 2.78. The summed E-state index contributed by atoms with van der Waals surface area (Å²) >= 11 is 3.14. The van der Waals surface area contributed by atoms with Crippen LogP contribution < -0.4 is 0 Å². The van der Waals surface area contributed by atoms with Gasteiger partial charge in [-0.15, -0.1) is 0 Å². The molecule has 1 aromatic carbocycles. The molecule has 1 fully saturated rings. The van der Waals surface area contributed by atoms with Crippen LogP contribution in [0.1, 0.15) is 12.0 Å². The quantitative estimate of drug-likeness (QED) is 0.731. The molecule has 0 nitrogen and oxygen atoms in total. The van der Waals surface area contributed by atoms with Gasteiger partial charge < -0.3 is 0 Å². The summed E-state index contributed by atoms with van der Waals surface area (Å²) in [5, 5.41) is 0.416. The van der Waals surface area contributed by atoms with Crippen molar-refractivity contribution in [3.8, 4) is 0 Å². The Balaban J connectivity index is 1.86. The van der Waals surface area contributed by atoms with Crippen LogP contribution in [0.3, 0.4) is 0 Å². The molecule has 2 rings (SSSR count). The highest BCUT2D eigenvalue weighted by atomic mass is 79.9. The van der Waals surface area contributed by atoms with Crippen molar-refractivity contribution in [2.24, 2.45) is 11.8 Å². The SMILES string of the molecule is FC1(F)[C@H](CBr)[C@H]1CCc1ccccc1. The molecule has 0 aliphatic heterocycles. The Morgan fingerprint density at radius 3 is 2.33 bits per heavy atom. The maximum Gasteiger partial charge on any atom is 0.255 e. The monoisotopic (exact) mass is 274 g/mol. The van der Waals surface area contributed by atoms with Gasteiger partial charge in [0.05, 0.1) is 0 Å². The van der Waals surface area contributed by atoms with Crippen LogP contribution in [-0.2, 0) is 6.42 Å². The minimum absolute atomic E-state index is 0.416. The van der Waals surface area contributed by atoms with E-state index >= 15 is 0 Å². The Morgan fingerprint density at radius 2 is 1.80 bits per heavy atom. The third-order valence-corrected chi connectivity index (χ3v) is 3.82. The van der Waals surface area contributed by atoms with Gasteiger partial charge in [0.2, 0.25) is 0 Å². The van der Waals surface area contributed by atoms with Crippen LogP contribution in [0.4, 0.5) is 8.78 Å². The maximum atomic E-state index is 13.1. The average molecular weight is 275 g/mol. The molecule has 0 aromatic heterocycles. The molecule has 0 radical (unpaired) electrons. The van der Waals surface area contributed by atoms with Gasteiger partial charge in [0, 0.05) is 17.2 Å². The summed E-state index contributed by atoms with van der Waals surface area (Å²) in [6, 6.07) is 9.81. The number of hydrogen-bond acceptors (Lipinski definition) is 0. The van der Waals surface area contributed by atoms with Crippen LogP contribution in [0.15, 0.2) is 30.3 Å². The van der Waals surface area contributed by atoms with Crippen molar-refractivity contribution < 1.29 is 8.78 Å². The van der Waals surface area contributed by atoms with E-state index in [1.165, 1.54) is 0 Å². The highest BCUT2D eigenvalue weighted by Crippen LogP contribution is 2.57. The summed E-state index contributed by atoms with van der Waals surface area (Å²) in [5.41, 5.74) is 1.15. The largest absolute Gasteiger partial charge is 0.255 e. The first-order valence-corrected chi connectivity index (χ1v) is 6.26. The molecule has 3 heteroatoms. The van der Waals surface area contributed by atoms with Crippen molar-refractivity contribution in [1.29, 1.82) is 0 Å². The number of hydrogen-bond donors (Lipinski definition) is 0. The van der Waals surface area contributed by atoms with Crippen LogP contribution in [0.25, 0.3) is 0 Å². The van der Waals surface area contributed by atoms with E-state index in [2.05, 4.69) is 15.9 Å². The molecule has 0 N–H and O–H groups in total. The lowest BCUT2D eigenvalue weighted by atomic mass is 10.1. The van der Waals surface area contributed by atoms with Gasteiger partial charge in [0.15, 0.2) is 0 Å². The first-order chi connectivity index (χ1) is 7.16. The zero-order valence-electron chi connectivity index (χ0n) is 8.30. The minimum Gasteiger partial charge on any atom is -0.206 e. The lowest BCUT2D eigenvalue weighted by Gasteiger charge is -1.99. The molecule has 82 valence electrons. The van der Waals surface area contributed by atoms with Crippen molar-refractivity contribution >= 4 is 15.9 Å². The molecule has 0 saturated heterocycles. The van der Waals surface area contributed by atoms with E-state index in [1.54, 1.807) is 0 Å². The predicted octanol–water partition coefficient (Wildman–Crippen LogP) is 3.90. The predicted molar refractivity (Wildman–Crippen MR) is 60.5 cm³/mol. The van der Waals surface area contributed by atoms with Crippen LogP contribution in [0.2, 0.25) is 0 Å². The molecule has 1 aliphatic carbocycles. The van der Waals surface area contributed by atoms with Crippen molar-refractivity contribution in [2.45, 2.75) is 18.8 Å². The number of benzene rings is 1. The van der Waals surface area contributed by atoms with Gasteiger partial charge in [-0.3, -0.25) is 0 Å².